The molecule has 1 heterocycles. The zero-order valence-electron chi connectivity index (χ0n) is 11.5. The Morgan fingerprint density at radius 3 is 2.23 bits per heavy atom. The first-order chi connectivity index (χ1) is 10.1. The van der Waals surface area contributed by atoms with Crippen molar-refractivity contribution >= 4 is 10.4 Å². The summed E-state index contributed by atoms with van der Waals surface area (Å²) in [6.45, 7) is -2.18. The molecule has 0 amide bonds. The highest BCUT2D eigenvalue weighted by molar-refractivity contribution is 7.80. The Kier molecular flexibility index (Phi) is 7.07. The summed E-state index contributed by atoms with van der Waals surface area (Å²) in [7, 11) is -4.90. The van der Waals surface area contributed by atoms with Crippen molar-refractivity contribution in [3.05, 3.63) is 0 Å². The second-order valence-corrected chi connectivity index (χ2v) is 6.11. The molecule has 7 N–H and O–H groups in total. The number of hydrogen-bond donors (Lipinski definition) is 7. The Bertz CT molecular complexity index is 445. The summed E-state index contributed by atoms with van der Waals surface area (Å²) in [4.78, 5) is 1.22. The van der Waals surface area contributed by atoms with Crippen LogP contribution in [0.4, 0.5) is 0 Å². The van der Waals surface area contributed by atoms with E-state index in [1.807, 2.05) is 0 Å². The first-order valence-electron chi connectivity index (χ1n) is 6.44. The Labute approximate surface area is 126 Å². The number of hydrogen-bond acceptors (Lipinski definition) is 10. The average molecular weight is 347 g/mol. The molecule has 22 heavy (non-hydrogen) atoms. The van der Waals surface area contributed by atoms with Gasteiger partial charge in [-0.1, -0.05) is 0 Å². The minimum Gasteiger partial charge on any atom is -0.394 e. The summed E-state index contributed by atoms with van der Waals surface area (Å²) in [5.74, 6) is 0. The van der Waals surface area contributed by atoms with Gasteiger partial charge < -0.3 is 30.6 Å². The number of rotatable bonds is 8. The highest BCUT2D eigenvalue weighted by Gasteiger charge is 2.44. The minimum atomic E-state index is -4.90. The van der Waals surface area contributed by atoms with Gasteiger partial charge in [0, 0.05) is 13.1 Å². The summed E-state index contributed by atoms with van der Waals surface area (Å²) in [6, 6.07) is -1.10. The molecule has 0 unspecified atom stereocenters. The highest BCUT2D eigenvalue weighted by atomic mass is 32.3. The fraction of sp³-hybridized carbons (Fsp3) is 1.00. The fourth-order valence-corrected chi connectivity index (χ4v) is 2.92. The summed E-state index contributed by atoms with van der Waals surface area (Å²) >= 11 is 0. The molecule has 1 fully saturated rings. The molecule has 0 aromatic heterocycles. The molecule has 1 aliphatic heterocycles. The monoisotopic (exact) mass is 347 g/mol. The topological polar surface area (TPSA) is 188 Å². The van der Waals surface area contributed by atoms with Gasteiger partial charge >= 0.3 is 10.4 Å². The maximum absolute atomic E-state index is 10.6. The van der Waals surface area contributed by atoms with Crippen LogP contribution in [0.5, 0.6) is 0 Å². The van der Waals surface area contributed by atoms with Crippen LogP contribution in [0.1, 0.15) is 0 Å². The predicted molar refractivity (Wildman–Crippen MR) is 70.0 cm³/mol. The van der Waals surface area contributed by atoms with Crippen molar-refractivity contribution in [1.82, 2.24) is 4.90 Å². The molecule has 1 rings (SSSR count). The minimum absolute atomic E-state index is 0.163. The molecule has 0 saturated carbocycles. The molecule has 1 saturated heterocycles. The second-order valence-electron chi connectivity index (χ2n) is 5.06. The van der Waals surface area contributed by atoms with Crippen molar-refractivity contribution in [1.29, 1.82) is 0 Å². The van der Waals surface area contributed by atoms with E-state index in [2.05, 4.69) is 4.18 Å². The van der Waals surface area contributed by atoms with Gasteiger partial charge in [0.1, 0.15) is 6.10 Å². The zero-order valence-corrected chi connectivity index (χ0v) is 12.3. The number of aliphatic hydroxyl groups is 6. The van der Waals surface area contributed by atoms with Crippen LogP contribution in [-0.2, 0) is 14.6 Å². The van der Waals surface area contributed by atoms with Crippen LogP contribution >= 0.6 is 0 Å². The van der Waals surface area contributed by atoms with E-state index in [0.29, 0.717) is 0 Å². The first-order valence-corrected chi connectivity index (χ1v) is 7.81. The maximum atomic E-state index is 10.6. The molecule has 0 spiro atoms. The van der Waals surface area contributed by atoms with Crippen LogP contribution in [0.25, 0.3) is 0 Å². The van der Waals surface area contributed by atoms with E-state index in [1.54, 1.807) is 0 Å². The molecule has 132 valence electrons. The lowest BCUT2D eigenvalue weighted by molar-refractivity contribution is -0.0538. The Balaban J connectivity index is 2.77. The highest BCUT2D eigenvalue weighted by Crippen LogP contribution is 2.22. The SMILES string of the molecule is O=S(=O)(O)O[C@@H](CO)[C@H](O)CN1C[C@H](O)[C@@H](O)[C@@H]1[C@H](O)CO. The number of nitrogens with zero attached hydrogens (tertiary/aromatic N) is 1. The van der Waals surface area contributed by atoms with Gasteiger partial charge in [0.05, 0.1) is 43.7 Å². The molecule has 0 radical (unpaired) electrons. The van der Waals surface area contributed by atoms with Gasteiger partial charge in [-0.3, -0.25) is 9.45 Å². The number of aliphatic hydroxyl groups excluding tert-OH is 6. The Morgan fingerprint density at radius 2 is 1.77 bits per heavy atom. The number of likely N-dealkylation sites (tertiary alicyclic amines) is 1. The van der Waals surface area contributed by atoms with Gasteiger partial charge in [0.25, 0.3) is 0 Å². The smallest absolute Gasteiger partial charge is 0.394 e. The van der Waals surface area contributed by atoms with Gasteiger partial charge in [0.2, 0.25) is 0 Å². The third kappa shape index (κ3) is 5.06. The van der Waals surface area contributed by atoms with Crippen molar-refractivity contribution in [3.8, 4) is 0 Å². The van der Waals surface area contributed by atoms with Gasteiger partial charge in [0.15, 0.2) is 0 Å². The predicted octanol–water partition coefficient (Wildman–Crippen LogP) is -4.71. The van der Waals surface area contributed by atoms with E-state index < -0.39 is 66.7 Å². The van der Waals surface area contributed by atoms with Gasteiger partial charge in [-0.05, 0) is 0 Å². The van der Waals surface area contributed by atoms with E-state index >= 15 is 0 Å². The second kappa shape index (κ2) is 7.92. The van der Waals surface area contributed by atoms with Crippen molar-refractivity contribution in [2.45, 2.75) is 36.6 Å². The zero-order chi connectivity index (χ0) is 17.1. The Hall–Kier alpha value is -0.410. The van der Waals surface area contributed by atoms with Gasteiger partial charge in [-0.2, -0.15) is 8.42 Å². The summed E-state index contributed by atoms with van der Waals surface area (Å²) in [5.41, 5.74) is 0. The average Bonchev–Trinajstić information content (AvgIpc) is 2.69. The summed E-state index contributed by atoms with van der Waals surface area (Å²) in [6.07, 6.45) is -7.32. The number of β-amino-alcohol motifs (C(OH)–C–C–N with tert-alkyl or cyclic N) is 2. The van der Waals surface area contributed by atoms with E-state index in [4.69, 9.17) is 14.8 Å². The summed E-state index contributed by atoms with van der Waals surface area (Å²) < 4.78 is 33.9. The quantitative estimate of drug-likeness (QED) is 0.209. The van der Waals surface area contributed by atoms with Crippen LogP contribution in [-0.4, -0.2) is 111 Å². The van der Waals surface area contributed by atoms with Crippen LogP contribution < -0.4 is 0 Å². The maximum Gasteiger partial charge on any atom is 0.397 e. The normalized spacial score (nSPS) is 31.1. The van der Waals surface area contributed by atoms with E-state index in [9.17, 15) is 28.8 Å². The molecule has 1 aliphatic rings. The molecule has 0 aromatic carbocycles. The molecule has 6 atom stereocenters. The van der Waals surface area contributed by atoms with Crippen LogP contribution in [0, 0.1) is 0 Å². The first kappa shape index (κ1) is 19.6. The molecule has 0 aromatic rings. The lowest BCUT2D eigenvalue weighted by Gasteiger charge is -2.31. The molecular weight excluding hydrogens is 326 g/mol. The van der Waals surface area contributed by atoms with E-state index in [-0.39, 0.29) is 6.54 Å². The molecular formula is C10H21NO10S. The fourth-order valence-electron chi connectivity index (χ4n) is 2.42. The third-order valence-corrected chi connectivity index (χ3v) is 3.93. The van der Waals surface area contributed by atoms with Crippen LogP contribution in [0.2, 0.25) is 0 Å². The Morgan fingerprint density at radius 1 is 1.18 bits per heavy atom. The molecule has 0 bridgehead atoms. The van der Waals surface area contributed by atoms with Crippen LogP contribution in [0.15, 0.2) is 0 Å². The van der Waals surface area contributed by atoms with E-state index in [0.717, 1.165) is 0 Å². The molecule has 0 aliphatic carbocycles. The molecule has 11 nitrogen and oxygen atoms in total. The van der Waals surface area contributed by atoms with Crippen molar-refractivity contribution in [2.24, 2.45) is 0 Å². The standard InChI is InChI=1S/C10H21NO10S/c12-3-7(16)9-10(17)6(15)2-11(9)1-5(14)8(4-13)21-22(18,19)20/h5-10,12-17H,1-4H2,(H,18,19,20)/t5-,6+,7-,8+,9+,10-/m1/s1. The summed E-state index contributed by atoms with van der Waals surface area (Å²) in [5, 5.41) is 56.8. The molecule has 12 heteroatoms. The van der Waals surface area contributed by atoms with Crippen molar-refractivity contribution < 1.29 is 47.8 Å². The lowest BCUT2D eigenvalue weighted by atomic mass is 10.0. The lowest BCUT2D eigenvalue weighted by Crippen LogP contribution is -2.51. The third-order valence-electron chi connectivity index (χ3n) is 3.44. The largest absolute Gasteiger partial charge is 0.397 e. The van der Waals surface area contributed by atoms with Gasteiger partial charge in [-0.25, -0.2) is 4.18 Å². The van der Waals surface area contributed by atoms with Gasteiger partial charge in [-0.15, -0.1) is 0 Å². The van der Waals surface area contributed by atoms with Crippen LogP contribution in [0.3, 0.4) is 0 Å². The van der Waals surface area contributed by atoms with Crippen molar-refractivity contribution in [3.63, 3.8) is 0 Å². The van der Waals surface area contributed by atoms with Crippen molar-refractivity contribution in [2.75, 3.05) is 26.3 Å². The van der Waals surface area contributed by atoms with E-state index in [1.165, 1.54) is 4.90 Å².